The first kappa shape index (κ1) is 28.5. The zero-order chi connectivity index (χ0) is 32.1. The first-order valence-electron chi connectivity index (χ1n) is 16.0. The molecule has 6 heteroatoms. The minimum Gasteiger partial charge on any atom is -0.453 e. The fraction of sp³-hybridized carbons (Fsp3) is 0. The van der Waals surface area contributed by atoms with E-state index in [1.54, 1.807) is 0 Å². The van der Waals surface area contributed by atoms with Crippen LogP contribution in [-0.2, 0) is 0 Å². The normalized spacial score (nSPS) is 12.9. The summed E-state index contributed by atoms with van der Waals surface area (Å²) in [6.07, 6.45) is 0. The van der Waals surface area contributed by atoms with Crippen molar-refractivity contribution < 1.29 is 9.47 Å². The third-order valence-electron chi connectivity index (χ3n) is 9.02. The van der Waals surface area contributed by atoms with E-state index in [0.717, 1.165) is 72.7 Å². The molecular formula is C42H29ClN2O2Si. The Balaban J connectivity index is 1.37. The quantitative estimate of drug-likeness (QED) is 0.105. The molecule has 0 bridgehead atoms. The van der Waals surface area contributed by atoms with Crippen molar-refractivity contribution >= 4 is 68.1 Å². The number of hydrogen-bond acceptors (Lipinski definition) is 4. The van der Waals surface area contributed by atoms with Crippen molar-refractivity contribution in [2.75, 3.05) is 9.80 Å². The number of ether oxygens (including phenoxy) is 2. The zero-order valence-corrected chi connectivity index (χ0v) is 27.6. The smallest absolute Gasteiger partial charge is 0.248 e. The van der Waals surface area contributed by atoms with Gasteiger partial charge in [0.25, 0.3) is 0 Å². The van der Waals surface area contributed by atoms with Crippen molar-refractivity contribution in [2.24, 2.45) is 0 Å². The average molecular weight is 657 g/mol. The van der Waals surface area contributed by atoms with E-state index in [0.29, 0.717) is 0 Å². The Morgan fingerprint density at radius 1 is 0.354 bits per heavy atom. The van der Waals surface area contributed by atoms with Gasteiger partial charge in [-0.1, -0.05) is 109 Å². The molecule has 2 aliphatic heterocycles. The van der Waals surface area contributed by atoms with Crippen LogP contribution in [0, 0.1) is 0 Å². The third-order valence-corrected chi connectivity index (χ3v) is 14.3. The summed E-state index contributed by atoms with van der Waals surface area (Å²) in [6, 6.07) is 60.6. The Kier molecular flexibility index (Phi) is 6.82. The topological polar surface area (TPSA) is 24.9 Å². The lowest BCUT2D eigenvalue weighted by Gasteiger charge is -2.37. The van der Waals surface area contributed by atoms with Crippen LogP contribution >= 0.6 is 11.1 Å². The molecule has 7 aromatic carbocycles. The van der Waals surface area contributed by atoms with Gasteiger partial charge in [-0.15, -0.1) is 11.1 Å². The number of para-hydroxylation sites is 8. The van der Waals surface area contributed by atoms with E-state index < -0.39 is 7.38 Å². The molecule has 4 nitrogen and oxygen atoms in total. The average Bonchev–Trinajstić information content (AvgIpc) is 3.16. The Morgan fingerprint density at radius 2 is 0.667 bits per heavy atom. The second kappa shape index (κ2) is 11.5. The molecule has 2 heterocycles. The molecule has 48 heavy (non-hydrogen) atoms. The molecule has 0 fully saturated rings. The maximum absolute atomic E-state index is 8.19. The second-order valence-electron chi connectivity index (χ2n) is 11.9. The predicted octanol–water partition coefficient (Wildman–Crippen LogP) is 10.0. The highest BCUT2D eigenvalue weighted by Crippen LogP contribution is 2.53. The minimum absolute atomic E-state index is 0.797. The lowest BCUT2D eigenvalue weighted by molar-refractivity contribution is 0.477. The summed E-state index contributed by atoms with van der Waals surface area (Å²) in [5.41, 5.74) is 5.81. The van der Waals surface area contributed by atoms with Gasteiger partial charge in [0.05, 0.1) is 22.7 Å². The summed E-state index contributed by atoms with van der Waals surface area (Å²) in [7, 11) is -3.08. The van der Waals surface area contributed by atoms with Crippen molar-refractivity contribution in [1.29, 1.82) is 0 Å². The van der Waals surface area contributed by atoms with Crippen molar-refractivity contribution in [3.05, 3.63) is 176 Å². The van der Waals surface area contributed by atoms with E-state index in [2.05, 4.69) is 125 Å². The molecule has 9 rings (SSSR count). The number of benzene rings is 7. The SMILES string of the molecule is Cl[Si](c1ccccc1)(c1ccccc1)c1cc(N2c3ccccc3Oc3ccccc32)cc(N2c3ccccc3Oc3ccccc32)c1. The van der Waals surface area contributed by atoms with Gasteiger partial charge in [0.15, 0.2) is 23.0 Å². The molecule has 0 unspecified atom stereocenters. The highest BCUT2D eigenvalue weighted by molar-refractivity contribution is 7.40. The monoisotopic (exact) mass is 656 g/mol. The third kappa shape index (κ3) is 4.59. The van der Waals surface area contributed by atoms with Gasteiger partial charge in [-0.2, -0.15) is 0 Å². The van der Waals surface area contributed by atoms with Crippen molar-refractivity contribution in [2.45, 2.75) is 0 Å². The number of nitrogens with zero attached hydrogens (tertiary/aromatic N) is 2. The number of hydrogen-bond donors (Lipinski definition) is 0. The zero-order valence-electron chi connectivity index (χ0n) is 25.8. The fourth-order valence-corrected chi connectivity index (χ4v) is 10.9. The number of rotatable bonds is 5. The van der Waals surface area contributed by atoms with E-state index >= 15 is 0 Å². The van der Waals surface area contributed by atoms with Gasteiger partial charge in [-0.3, -0.25) is 0 Å². The number of halogens is 1. The van der Waals surface area contributed by atoms with Gasteiger partial charge in [0.1, 0.15) is 0 Å². The van der Waals surface area contributed by atoms with Crippen LogP contribution in [0.4, 0.5) is 34.1 Å². The molecule has 0 aliphatic carbocycles. The molecule has 0 saturated heterocycles. The Labute approximate surface area is 285 Å². The Hall–Kier alpha value is -5.75. The first-order valence-corrected chi connectivity index (χ1v) is 19.0. The minimum atomic E-state index is -3.08. The van der Waals surface area contributed by atoms with Crippen LogP contribution in [0.2, 0.25) is 0 Å². The van der Waals surface area contributed by atoms with Gasteiger partial charge in [0.2, 0.25) is 7.38 Å². The molecule has 0 spiro atoms. The highest BCUT2D eigenvalue weighted by atomic mass is 35.6. The summed E-state index contributed by atoms with van der Waals surface area (Å²) in [6.45, 7) is 0. The van der Waals surface area contributed by atoms with Crippen LogP contribution < -0.4 is 34.8 Å². The maximum atomic E-state index is 8.19. The lowest BCUT2D eigenvalue weighted by Crippen LogP contribution is -2.63. The molecule has 0 amide bonds. The van der Waals surface area contributed by atoms with Crippen molar-refractivity contribution in [3.63, 3.8) is 0 Å². The summed E-state index contributed by atoms with van der Waals surface area (Å²) in [4.78, 5) is 4.59. The van der Waals surface area contributed by atoms with Crippen LogP contribution in [0.15, 0.2) is 176 Å². The second-order valence-corrected chi connectivity index (χ2v) is 16.6. The van der Waals surface area contributed by atoms with Crippen molar-refractivity contribution in [3.8, 4) is 23.0 Å². The fourth-order valence-electron chi connectivity index (χ4n) is 6.85. The van der Waals surface area contributed by atoms with Gasteiger partial charge in [-0.25, -0.2) is 0 Å². The van der Waals surface area contributed by atoms with Crippen LogP contribution in [0.25, 0.3) is 0 Å². The lowest BCUT2D eigenvalue weighted by atomic mass is 10.1. The number of fused-ring (bicyclic) bond motifs is 4. The highest BCUT2D eigenvalue weighted by Gasteiger charge is 2.40. The van der Waals surface area contributed by atoms with E-state index in [9.17, 15) is 0 Å². The molecule has 0 atom stereocenters. The molecule has 0 saturated carbocycles. The Bertz CT molecular complexity index is 2050. The van der Waals surface area contributed by atoms with Crippen LogP contribution in [-0.4, -0.2) is 7.38 Å². The molecule has 0 N–H and O–H groups in total. The first-order chi connectivity index (χ1) is 23.7. The maximum Gasteiger partial charge on any atom is 0.248 e. The molecule has 0 radical (unpaired) electrons. The van der Waals surface area contributed by atoms with E-state index in [4.69, 9.17) is 20.6 Å². The van der Waals surface area contributed by atoms with Crippen LogP contribution in [0.3, 0.4) is 0 Å². The summed E-state index contributed by atoms with van der Waals surface area (Å²) >= 11 is 8.19. The predicted molar refractivity (Wildman–Crippen MR) is 199 cm³/mol. The van der Waals surface area contributed by atoms with Gasteiger partial charge >= 0.3 is 0 Å². The molecule has 7 aromatic rings. The summed E-state index contributed by atoms with van der Waals surface area (Å²) in [5.74, 6) is 3.19. The molecular weight excluding hydrogens is 628 g/mol. The van der Waals surface area contributed by atoms with E-state index in [1.165, 1.54) is 0 Å². The van der Waals surface area contributed by atoms with Gasteiger partial charge in [-0.05, 0) is 82.3 Å². The van der Waals surface area contributed by atoms with E-state index in [-0.39, 0.29) is 0 Å². The van der Waals surface area contributed by atoms with Gasteiger partial charge in [0, 0.05) is 11.4 Å². The summed E-state index contributed by atoms with van der Waals surface area (Å²) < 4.78 is 12.8. The number of anilines is 6. The van der Waals surface area contributed by atoms with E-state index in [1.807, 2.05) is 60.7 Å². The van der Waals surface area contributed by atoms with Crippen molar-refractivity contribution in [1.82, 2.24) is 0 Å². The Morgan fingerprint density at radius 3 is 1.02 bits per heavy atom. The largest absolute Gasteiger partial charge is 0.453 e. The molecule has 230 valence electrons. The molecule has 2 aliphatic rings. The summed E-state index contributed by atoms with van der Waals surface area (Å²) in [5, 5.41) is 3.30. The standard InChI is InChI=1S/C42H29ClN2O2Si/c43-48(32-15-3-1-4-16-32,33-17-5-2-6-18-33)34-28-30(44-35-19-7-11-23-39(35)46-40-24-12-8-20-36(40)44)27-31(29-34)45-37-21-9-13-25-41(37)47-42-26-14-10-22-38(42)45/h1-29H. The van der Waals surface area contributed by atoms with Gasteiger partial charge < -0.3 is 19.3 Å². The van der Waals surface area contributed by atoms with Crippen LogP contribution in [0.5, 0.6) is 23.0 Å². The van der Waals surface area contributed by atoms with Crippen LogP contribution in [0.1, 0.15) is 0 Å². The molecule has 0 aromatic heterocycles.